The molecule has 2 radical (unpaired) electrons. The number of hydrogen-bond donors (Lipinski definition) is 2. The largest absolute Gasteiger partial charge is 0.478 e. The van der Waals surface area contributed by atoms with Crippen LogP contribution >= 0.6 is 0 Å². The maximum Gasteiger partial charge on any atom is 0.327 e. The van der Waals surface area contributed by atoms with Crippen LogP contribution in [0.5, 0.6) is 0 Å². The first-order valence-electron chi connectivity index (χ1n) is 9.46. The summed E-state index contributed by atoms with van der Waals surface area (Å²) in [5.74, 6) is -1.96. The van der Waals surface area contributed by atoms with Crippen LogP contribution in [0.4, 0.5) is 0 Å². The summed E-state index contributed by atoms with van der Waals surface area (Å²) in [7, 11) is 0. The molecule has 0 unspecified atom stereocenters. The van der Waals surface area contributed by atoms with Crippen molar-refractivity contribution in [3.8, 4) is 0 Å². The van der Waals surface area contributed by atoms with Crippen LogP contribution in [-0.2, 0) is 80.4 Å². The molecule has 3 aromatic carbocycles. The van der Waals surface area contributed by atoms with Crippen LogP contribution < -0.4 is 0 Å². The van der Waals surface area contributed by atoms with Crippen LogP contribution in [0, 0.1) is 19.1 Å². The number of aryl methyl sites for hydroxylation is 1. The number of carboxylic acids is 2. The Morgan fingerprint density at radius 2 is 1.00 bits per heavy atom. The predicted molar refractivity (Wildman–Crippen MR) is 123 cm³/mol. The third-order valence-electron chi connectivity index (χ3n) is 4.57. The summed E-state index contributed by atoms with van der Waals surface area (Å²) in [6.07, 6.45) is 1.67. The van der Waals surface area contributed by atoms with Crippen LogP contribution in [0.25, 0.3) is 0 Å². The Bertz CT molecular complexity index is 928. The summed E-state index contributed by atoms with van der Waals surface area (Å²) in [6.45, 7) is 10.3. The molecule has 0 saturated heterocycles. The average Bonchev–Trinajstić information content (AvgIpc) is 2.81. The molecule has 166 valence electrons. The van der Waals surface area contributed by atoms with Crippen molar-refractivity contribution in [3.05, 3.63) is 132 Å². The van der Waals surface area contributed by atoms with Gasteiger partial charge in [-0.25, -0.2) is 9.59 Å². The molecule has 3 rings (SSSR count). The Morgan fingerprint density at radius 3 is 1.27 bits per heavy atom. The van der Waals surface area contributed by atoms with E-state index in [1.807, 2.05) is 24.3 Å². The first-order valence-corrected chi connectivity index (χ1v) is 9.46. The van der Waals surface area contributed by atoms with E-state index in [4.69, 9.17) is 10.2 Å². The zero-order valence-corrected chi connectivity index (χ0v) is 24.5. The van der Waals surface area contributed by atoms with Gasteiger partial charge in [0.25, 0.3) is 0 Å². The monoisotopic (exact) mass is 592 g/mol. The Labute approximate surface area is 246 Å². The number of benzene rings is 3. The molecule has 0 amide bonds. The van der Waals surface area contributed by atoms with Gasteiger partial charge in [-0.1, -0.05) is 49.9 Å². The Balaban J connectivity index is 0. The molecule has 0 saturated carbocycles. The first kappa shape index (κ1) is 33.5. The minimum atomic E-state index is -0.981. The molecule has 0 aliphatic carbocycles. The smallest absolute Gasteiger partial charge is 0.327 e. The number of rotatable bonds is 5. The maximum atomic E-state index is 9.25. The summed E-state index contributed by atoms with van der Waals surface area (Å²) < 4.78 is 0. The Hall–Kier alpha value is -1.71. The van der Waals surface area contributed by atoms with E-state index in [0.717, 1.165) is 12.2 Å². The fraction of sp³-hybridized carbons (Fsp3) is 0.111. The Kier molecular flexibility index (Phi) is 18.0. The zero-order valence-electron chi connectivity index (χ0n) is 18.9. The van der Waals surface area contributed by atoms with E-state index in [2.05, 4.69) is 87.7 Å². The van der Waals surface area contributed by atoms with E-state index in [1.54, 1.807) is 0 Å². The molecule has 0 aliphatic heterocycles. The predicted octanol–water partition coefficient (Wildman–Crippen LogP) is 5.46. The van der Waals surface area contributed by atoms with Gasteiger partial charge in [0.1, 0.15) is 0 Å². The number of aliphatic carboxylic acids is 2. The number of carbonyl (C=O) groups is 2. The second kappa shape index (κ2) is 17.7. The summed E-state index contributed by atoms with van der Waals surface area (Å²) in [5.41, 5.74) is 4.96. The first-order chi connectivity index (χ1) is 14.7. The minimum Gasteiger partial charge on any atom is -0.478 e. The summed E-state index contributed by atoms with van der Waals surface area (Å²) in [6, 6.07) is 31.6. The fourth-order valence-electron chi connectivity index (χ4n) is 2.83. The van der Waals surface area contributed by atoms with Crippen molar-refractivity contribution in [2.75, 3.05) is 0 Å². The van der Waals surface area contributed by atoms with Gasteiger partial charge in [0, 0.05) is 77.6 Å². The molecule has 2 N–H and O–H groups in total. The minimum absolute atomic E-state index is 0. The second-order valence-electron chi connectivity index (χ2n) is 6.65. The van der Waals surface area contributed by atoms with Crippen LogP contribution in [0.15, 0.2) is 98.1 Å². The van der Waals surface area contributed by atoms with Crippen molar-refractivity contribution < 1.29 is 85.2 Å². The van der Waals surface area contributed by atoms with Gasteiger partial charge in [-0.2, -0.15) is 60.7 Å². The average molecular weight is 592 g/mol. The van der Waals surface area contributed by atoms with E-state index in [-0.39, 0.29) is 70.8 Å². The molecule has 33 heavy (non-hydrogen) atoms. The van der Waals surface area contributed by atoms with Crippen LogP contribution in [-0.4, -0.2) is 22.2 Å². The third kappa shape index (κ3) is 11.3. The molecule has 0 fully saturated rings. The normalized spacial score (nSPS) is 9.15. The molecular weight excluding hydrogens is 566 g/mol. The van der Waals surface area contributed by atoms with E-state index in [1.165, 1.54) is 22.3 Å². The standard InChI is InChI=1S/C21H18.2C3H4O2.2Y/c1-17-13-15-20(16-14-17)21(2,18-9-5-3-6-10-18)19-11-7-4-8-12-19;2*1-2-3(4)5;;/h5-16H,1-2H3;2*2H,1H2,(H,4,5);;/q-2;;;;. The molecular formula is C27H26O4Y2-2. The van der Waals surface area contributed by atoms with Crippen molar-refractivity contribution in [1.29, 1.82) is 0 Å². The molecule has 0 aromatic heterocycles. The number of carboxylic acid groups (broad SMARTS) is 2. The van der Waals surface area contributed by atoms with Crippen molar-refractivity contribution in [1.82, 2.24) is 0 Å². The number of hydrogen-bond acceptors (Lipinski definition) is 2. The van der Waals surface area contributed by atoms with E-state index in [0.29, 0.717) is 0 Å². The van der Waals surface area contributed by atoms with Gasteiger partial charge in [0.2, 0.25) is 0 Å². The summed E-state index contributed by atoms with van der Waals surface area (Å²) in [4.78, 5) is 18.5. The molecule has 0 bridgehead atoms. The molecule has 3 aromatic rings. The summed E-state index contributed by atoms with van der Waals surface area (Å²) >= 11 is 0. The van der Waals surface area contributed by atoms with Crippen LogP contribution in [0.1, 0.15) is 29.2 Å². The van der Waals surface area contributed by atoms with Crippen molar-refractivity contribution >= 4 is 11.9 Å². The van der Waals surface area contributed by atoms with Gasteiger partial charge in [-0.15, -0.1) is 11.1 Å². The molecule has 0 atom stereocenters. The van der Waals surface area contributed by atoms with Gasteiger partial charge in [0.15, 0.2) is 0 Å². The van der Waals surface area contributed by atoms with E-state index < -0.39 is 11.9 Å². The van der Waals surface area contributed by atoms with Gasteiger partial charge in [-0.3, -0.25) is 0 Å². The maximum absolute atomic E-state index is 9.25. The zero-order chi connectivity index (χ0) is 23.3. The van der Waals surface area contributed by atoms with Crippen molar-refractivity contribution in [2.45, 2.75) is 19.3 Å². The second-order valence-corrected chi connectivity index (χ2v) is 6.65. The Morgan fingerprint density at radius 1 is 0.727 bits per heavy atom. The van der Waals surface area contributed by atoms with Crippen molar-refractivity contribution in [2.24, 2.45) is 0 Å². The van der Waals surface area contributed by atoms with E-state index >= 15 is 0 Å². The molecule has 0 aliphatic rings. The molecule has 0 spiro atoms. The van der Waals surface area contributed by atoms with Crippen LogP contribution in [0.2, 0.25) is 0 Å². The fourth-order valence-corrected chi connectivity index (χ4v) is 2.83. The summed E-state index contributed by atoms with van der Waals surface area (Å²) in [5, 5.41) is 15.2. The topological polar surface area (TPSA) is 74.6 Å². The van der Waals surface area contributed by atoms with Gasteiger partial charge < -0.3 is 10.2 Å². The van der Waals surface area contributed by atoms with Crippen molar-refractivity contribution in [3.63, 3.8) is 0 Å². The van der Waals surface area contributed by atoms with Crippen LogP contribution in [0.3, 0.4) is 0 Å². The van der Waals surface area contributed by atoms with Gasteiger partial charge in [0.05, 0.1) is 0 Å². The van der Waals surface area contributed by atoms with E-state index in [9.17, 15) is 9.59 Å². The molecule has 4 nitrogen and oxygen atoms in total. The van der Waals surface area contributed by atoms with Gasteiger partial charge >= 0.3 is 11.9 Å². The molecule has 0 heterocycles. The van der Waals surface area contributed by atoms with Gasteiger partial charge in [-0.05, 0) is 17.9 Å². The SMILES string of the molecule is C=CC(=O)O.C=CC(=O)O.Cc1ccc(C(C)(c2cc[c-]cc2)c2cc[c-]cc2)cc1.[Y].[Y]. The molecule has 6 heteroatoms. The quantitative estimate of drug-likeness (QED) is 0.235. The third-order valence-corrected chi connectivity index (χ3v) is 4.57.